The van der Waals surface area contributed by atoms with Crippen LogP contribution in [0.5, 0.6) is 0 Å². The van der Waals surface area contributed by atoms with Gasteiger partial charge in [0.05, 0.1) is 19.8 Å². The Hall–Kier alpha value is -1.92. The number of morpholine rings is 1. The second kappa shape index (κ2) is 7.54. The smallest absolute Gasteiger partial charge is 0.150 e. The molecule has 1 atom stereocenters. The molecule has 4 rings (SSSR count). The zero-order chi connectivity index (χ0) is 17.1. The largest absolute Gasteiger partial charge is 0.378 e. The number of benzene rings is 1. The van der Waals surface area contributed by atoms with Crippen molar-refractivity contribution in [3.05, 3.63) is 41.5 Å². The number of hydrogen-bond acceptors (Lipinski definition) is 5. The first-order chi connectivity index (χ1) is 12.3. The average Bonchev–Trinajstić information content (AvgIpc) is 3.10. The van der Waals surface area contributed by atoms with Crippen molar-refractivity contribution in [2.45, 2.75) is 45.3 Å². The lowest BCUT2D eigenvalue weighted by atomic mass is 10.1. The van der Waals surface area contributed by atoms with Crippen molar-refractivity contribution in [1.29, 1.82) is 0 Å². The fourth-order valence-corrected chi connectivity index (χ4v) is 3.70. The fourth-order valence-electron chi connectivity index (χ4n) is 3.70. The van der Waals surface area contributed by atoms with Crippen LogP contribution in [0.25, 0.3) is 0 Å². The highest BCUT2D eigenvalue weighted by Gasteiger charge is 2.21. The van der Waals surface area contributed by atoms with Gasteiger partial charge in [0, 0.05) is 44.2 Å². The summed E-state index contributed by atoms with van der Waals surface area (Å²) in [6.07, 6.45) is 3.04. The van der Waals surface area contributed by atoms with Gasteiger partial charge in [0.1, 0.15) is 5.82 Å². The average molecular weight is 341 g/mol. The summed E-state index contributed by atoms with van der Waals surface area (Å²) >= 11 is 0. The van der Waals surface area contributed by atoms with E-state index in [9.17, 15) is 0 Å². The van der Waals surface area contributed by atoms with E-state index in [1.807, 2.05) is 0 Å². The normalized spacial score (nSPS) is 20.5. The molecular weight excluding hydrogens is 314 g/mol. The lowest BCUT2D eigenvalue weighted by Gasteiger charge is -2.31. The van der Waals surface area contributed by atoms with Gasteiger partial charge in [-0.25, -0.2) is 9.67 Å². The minimum absolute atomic E-state index is 0.455. The topological polar surface area (TPSA) is 55.2 Å². The van der Waals surface area contributed by atoms with Gasteiger partial charge < -0.3 is 15.0 Å². The van der Waals surface area contributed by atoms with Crippen LogP contribution in [0.4, 0.5) is 5.69 Å². The molecular formula is C19H27N5O. The van der Waals surface area contributed by atoms with Gasteiger partial charge in [-0.15, -0.1) is 0 Å². The van der Waals surface area contributed by atoms with Gasteiger partial charge in [-0.1, -0.05) is 25.1 Å². The second-order valence-electron chi connectivity index (χ2n) is 6.82. The molecule has 0 spiro atoms. The van der Waals surface area contributed by atoms with Gasteiger partial charge in [-0.3, -0.25) is 0 Å². The van der Waals surface area contributed by atoms with E-state index in [1.165, 1.54) is 11.3 Å². The second-order valence-corrected chi connectivity index (χ2v) is 6.82. The maximum absolute atomic E-state index is 5.49. The third-order valence-electron chi connectivity index (χ3n) is 5.14. The molecule has 6 heteroatoms. The van der Waals surface area contributed by atoms with Crippen molar-refractivity contribution in [1.82, 2.24) is 20.1 Å². The summed E-state index contributed by atoms with van der Waals surface area (Å²) in [7, 11) is 0. The third-order valence-corrected chi connectivity index (χ3v) is 5.14. The summed E-state index contributed by atoms with van der Waals surface area (Å²) in [6.45, 7) is 7.51. The molecule has 1 aromatic carbocycles. The molecule has 134 valence electrons. The molecule has 2 aliphatic rings. The van der Waals surface area contributed by atoms with Crippen molar-refractivity contribution >= 4 is 5.69 Å². The molecule has 2 aromatic rings. The highest BCUT2D eigenvalue weighted by Crippen LogP contribution is 2.22. The van der Waals surface area contributed by atoms with Crippen LogP contribution in [0.1, 0.15) is 30.6 Å². The maximum atomic E-state index is 5.49. The SMILES string of the molecule is CCc1nc2n(n1)C[C@H](NCc1ccccc1N1CCOCC1)CC2. The molecule has 6 nitrogen and oxygen atoms in total. The first-order valence-corrected chi connectivity index (χ1v) is 9.40. The van der Waals surface area contributed by atoms with Crippen LogP contribution in [0.2, 0.25) is 0 Å². The number of aryl methyl sites for hydroxylation is 2. The fraction of sp³-hybridized carbons (Fsp3) is 0.579. The number of ether oxygens (including phenoxy) is 1. The van der Waals surface area contributed by atoms with Crippen LogP contribution in [0.3, 0.4) is 0 Å². The summed E-state index contributed by atoms with van der Waals surface area (Å²) in [6, 6.07) is 9.17. The number of rotatable bonds is 5. The van der Waals surface area contributed by atoms with E-state index in [4.69, 9.17) is 4.74 Å². The number of nitrogens with one attached hydrogen (secondary N) is 1. The lowest BCUT2D eigenvalue weighted by molar-refractivity contribution is 0.122. The molecule has 0 radical (unpaired) electrons. The van der Waals surface area contributed by atoms with E-state index in [-0.39, 0.29) is 0 Å². The summed E-state index contributed by atoms with van der Waals surface area (Å²) in [5, 5.41) is 8.35. The molecule has 0 unspecified atom stereocenters. The number of fused-ring (bicyclic) bond motifs is 1. The van der Waals surface area contributed by atoms with E-state index in [0.717, 1.165) is 70.3 Å². The molecule has 1 aromatic heterocycles. The number of nitrogens with zero attached hydrogens (tertiary/aromatic N) is 4. The van der Waals surface area contributed by atoms with Crippen molar-refractivity contribution in [3.8, 4) is 0 Å². The van der Waals surface area contributed by atoms with Crippen LogP contribution in [0, 0.1) is 0 Å². The molecule has 3 heterocycles. The van der Waals surface area contributed by atoms with E-state index in [1.54, 1.807) is 0 Å². The molecule has 25 heavy (non-hydrogen) atoms. The zero-order valence-corrected chi connectivity index (χ0v) is 14.9. The molecule has 1 fully saturated rings. The Morgan fingerprint density at radius 1 is 1.24 bits per heavy atom. The molecule has 0 bridgehead atoms. The minimum atomic E-state index is 0.455. The van der Waals surface area contributed by atoms with Crippen LogP contribution in [-0.2, 0) is 30.7 Å². The highest BCUT2D eigenvalue weighted by molar-refractivity contribution is 5.53. The number of anilines is 1. The Kier molecular flexibility index (Phi) is 4.99. The van der Waals surface area contributed by atoms with Gasteiger partial charge in [-0.05, 0) is 18.1 Å². The van der Waals surface area contributed by atoms with E-state index in [2.05, 4.69) is 56.2 Å². The molecule has 0 amide bonds. The molecule has 1 N–H and O–H groups in total. The Morgan fingerprint density at radius 3 is 2.92 bits per heavy atom. The van der Waals surface area contributed by atoms with Gasteiger partial charge >= 0.3 is 0 Å². The first-order valence-electron chi connectivity index (χ1n) is 9.40. The predicted octanol–water partition coefficient (Wildman–Crippen LogP) is 1.78. The summed E-state index contributed by atoms with van der Waals surface area (Å²) in [5.41, 5.74) is 2.70. The maximum Gasteiger partial charge on any atom is 0.150 e. The van der Waals surface area contributed by atoms with E-state index >= 15 is 0 Å². The Bertz CT molecular complexity index is 708. The van der Waals surface area contributed by atoms with Crippen molar-refractivity contribution in [2.24, 2.45) is 0 Å². The van der Waals surface area contributed by atoms with Crippen LogP contribution >= 0.6 is 0 Å². The summed E-state index contributed by atoms with van der Waals surface area (Å²) in [4.78, 5) is 7.04. The van der Waals surface area contributed by atoms with Gasteiger partial charge in [0.25, 0.3) is 0 Å². The van der Waals surface area contributed by atoms with Crippen LogP contribution in [-0.4, -0.2) is 47.1 Å². The van der Waals surface area contributed by atoms with Gasteiger partial charge in [0.2, 0.25) is 0 Å². The standard InChI is InChI=1S/C19H27N5O/c1-2-18-21-19-8-7-16(14-24(19)22-18)20-13-15-5-3-4-6-17(15)23-9-11-25-12-10-23/h3-6,16,20H,2,7-14H2,1H3/t16-/m1/s1. The van der Waals surface area contributed by atoms with Crippen molar-refractivity contribution < 1.29 is 4.74 Å². The Morgan fingerprint density at radius 2 is 2.08 bits per heavy atom. The quantitative estimate of drug-likeness (QED) is 0.898. The minimum Gasteiger partial charge on any atom is -0.378 e. The van der Waals surface area contributed by atoms with E-state index < -0.39 is 0 Å². The van der Waals surface area contributed by atoms with Crippen molar-refractivity contribution in [2.75, 3.05) is 31.2 Å². The predicted molar refractivity (Wildman–Crippen MR) is 97.8 cm³/mol. The van der Waals surface area contributed by atoms with Crippen molar-refractivity contribution in [3.63, 3.8) is 0 Å². The van der Waals surface area contributed by atoms with Crippen LogP contribution in [0.15, 0.2) is 24.3 Å². The zero-order valence-electron chi connectivity index (χ0n) is 14.9. The Balaban J connectivity index is 1.40. The van der Waals surface area contributed by atoms with E-state index in [0.29, 0.717) is 6.04 Å². The molecule has 1 saturated heterocycles. The summed E-state index contributed by atoms with van der Waals surface area (Å²) < 4.78 is 7.58. The monoisotopic (exact) mass is 341 g/mol. The Labute approximate surface area is 149 Å². The summed E-state index contributed by atoms with van der Waals surface area (Å²) in [5.74, 6) is 2.11. The lowest BCUT2D eigenvalue weighted by Crippen LogP contribution is -2.39. The van der Waals surface area contributed by atoms with Crippen LogP contribution < -0.4 is 10.2 Å². The number of aromatic nitrogens is 3. The molecule has 2 aliphatic heterocycles. The number of para-hydroxylation sites is 1. The third kappa shape index (κ3) is 3.70. The highest BCUT2D eigenvalue weighted by atomic mass is 16.5. The number of hydrogen-bond donors (Lipinski definition) is 1. The van der Waals surface area contributed by atoms with Gasteiger partial charge in [-0.2, -0.15) is 5.10 Å². The molecule has 0 saturated carbocycles. The first kappa shape index (κ1) is 16.5. The molecule has 0 aliphatic carbocycles. The van der Waals surface area contributed by atoms with Gasteiger partial charge in [0.15, 0.2) is 5.82 Å².